The van der Waals surface area contributed by atoms with E-state index in [1.54, 1.807) is 6.07 Å². The van der Waals surface area contributed by atoms with Crippen LogP contribution in [-0.4, -0.2) is 17.5 Å². The summed E-state index contributed by atoms with van der Waals surface area (Å²) in [6, 6.07) is 20.4. The van der Waals surface area contributed by atoms with Crippen LogP contribution in [-0.2, 0) is 0 Å². The van der Waals surface area contributed by atoms with Gasteiger partial charge in [0.1, 0.15) is 11.6 Å². The van der Waals surface area contributed by atoms with Gasteiger partial charge in [0.25, 0.3) is 0 Å². The van der Waals surface area contributed by atoms with Gasteiger partial charge in [-0.3, -0.25) is 0 Å². The lowest BCUT2D eigenvalue weighted by Gasteiger charge is -2.38. The van der Waals surface area contributed by atoms with Crippen molar-refractivity contribution in [3.63, 3.8) is 0 Å². The van der Waals surface area contributed by atoms with Crippen LogP contribution in [0.1, 0.15) is 35.4 Å². The molecule has 6 heteroatoms. The van der Waals surface area contributed by atoms with Crippen molar-refractivity contribution in [3.05, 3.63) is 89.2 Å². The van der Waals surface area contributed by atoms with E-state index in [2.05, 4.69) is 6.07 Å². The van der Waals surface area contributed by atoms with E-state index in [0.29, 0.717) is 0 Å². The third kappa shape index (κ3) is 2.63. The van der Waals surface area contributed by atoms with Crippen LogP contribution in [0.25, 0.3) is 0 Å². The molecule has 5 nitrogen and oxygen atoms in total. The zero-order valence-electron chi connectivity index (χ0n) is 15.4. The van der Waals surface area contributed by atoms with Crippen molar-refractivity contribution < 1.29 is 18.6 Å². The largest absolute Gasteiger partial charge is 0.464 e. The summed E-state index contributed by atoms with van der Waals surface area (Å²) in [7, 11) is 0. The first-order valence-electron chi connectivity index (χ1n) is 9.53. The van der Waals surface area contributed by atoms with Crippen LogP contribution in [0, 0.1) is 5.82 Å². The molecular weight excluding hydrogens is 371 g/mol. The van der Waals surface area contributed by atoms with Gasteiger partial charge in [0.15, 0.2) is 11.5 Å². The first kappa shape index (κ1) is 16.4. The molecule has 0 spiro atoms. The molecule has 3 heterocycles. The van der Waals surface area contributed by atoms with Crippen LogP contribution >= 0.6 is 0 Å². The third-order valence-electron chi connectivity index (χ3n) is 5.54. The van der Waals surface area contributed by atoms with Crippen molar-refractivity contribution in [2.24, 2.45) is 5.10 Å². The van der Waals surface area contributed by atoms with Crippen molar-refractivity contribution in [1.29, 1.82) is 0 Å². The maximum absolute atomic E-state index is 13.9. The average molecular weight is 388 g/mol. The summed E-state index contributed by atoms with van der Waals surface area (Å²) in [4.78, 5) is 0. The summed E-state index contributed by atoms with van der Waals surface area (Å²) in [5, 5.41) is 6.84. The van der Waals surface area contributed by atoms with Crippen molar-refractivity contribution in [2.45, 2.75) is 18.7 Å². The van der Waals surface area contributed by atoms with Crippen molar-refractivity contribution >= 4 is 5.71 Å². The molecule has 0 aromatic heterocycles. The Bertz CT molecular complexity index is 1150. The number of ether oxygens (including phenoxy) is 3. The highest BCUT2D eigenvalue weighted by Gasteiger charge is 2.41. The number of nitrogens with zero attached hydrogens (tertiary/aromatic N) is 2. The molecule has 0 aliphatic carbocycles. The van der Waals surface area contributed by atoms with Crippen LogP contribution in [0.15, 0.2) is 71.8 Å². The van der Waals surface area contributed by atoms with Gasteiger partial charge in [-0.05, 0) is 36.4 Å². The second-order valence-electron chi connectivity index (χ2n) is 7.28. The van der Waals surface area contributed by atoms with Gasteiger partial charge in [0, 0.05) is 23.1 Å². The maximum Gasteiger partial charge on any atom is 0.231 e. The fourth-order valence-electron chi connectivity index (χ4n) is 4.16. The van der Waals surface area contributed by atoms with E-state index in [-0.39, 0.29) is 18.7 Å². The fourth-order valence-corrected chi connectivity index (χ4v) is 4.16. The first-order valence-corrected chi connectivity index (χ1v) is 9.53. The molecule has 2 atom stereocenters. The summed E-state index contributed by atoms with van der Waals surface area (Å²) >= 11 is 0. The molecule has 3 aliphatic heterocycles. The monoisotopic (exact) mass is 388 g/mol. The SMILES string of the molecule is Fc1cccc([C@H]2Oc3ccccc3[C@H]3CC(c4ccc5c(c4)OCO5)=NN32)c1. The van der Waals surface area contributed by atoms with Gasteiger partial charge in [0.2, 0.25) is 13.0 Å². The number of fused-ring (bicyclic) bond motifs is 4. The quantitative estimate of drug-likeness (QED) is 0.633. The number of hydrazone groups is 1. The van der Waals surface area contributed by atoms with Gasteiger partial charge in [-0.25, -0.2) is 9.40 Å². The number of halogens is 1. The zero-order valence-corrected chi connectivity index (χ0v) is 15.4. The van der Waals surface area contributed by atoms with Crippen LogP contribution in [0.2, 0.25) is 0 Å². The molecule has 0 bridgehead atoms. The predicted octanol–water partition coefficient (Wildman–Crippen LogP) is 4.80. The number of rotatable bonds is 2. The minimum atomic E-state index is -0.489. The van der Waals surface area contributed by atoms with Crippen LogP contribution in [0.5, 0.6) is 17.2 Å². The number of benzene rings is 3. The zero-order chi connectivity index (χ0) is 19.4. The summed E-state index contributed by atoms with van der Waals surface area (Å²) in [5.41, 5.74) is 3.74. The lowest BCUT2D eigenvalue weighted by molar-refractivity contribution is -0.0192. The minimum absolute atomic E-state index is 0.0219. The van der Waals surface area contributed by atoms with Crippen molar-refractivity contribution in [2.75, 3.05) is 6.79 Å². The Balaban J connectivity index is 1.44. The van der Waals surface area contributed by atoms with Gasteiger partial charge in [0.05, 0.1) is 11.8 Å². The van der Waals surface area contributed by atoms with Crippen LogP contribution in [0.3, 0.4) is 0 Å². The minimum Gasteiger partial charge on any atom is -0.464 e. The highest BCUT2D eigenvalue weighted by atomic mass is 19.1. The lowest BCUT2D eigenvalue weighted by Crippen LogP contribution is -2.33. The molecule has 0 unspecified atom stereocenters. The molecule has 0 N–H and O–H groups in total. The maximum atomic E-state index is 13.9. The van der Waals surface area contributed by atoms with Gasteiger partial charge in [-0.1, -0.05) is 30.3 Å². The van der Waals surface area contributed by atoms with Crippen LogP contribution < -0.4 is 14.2 Å². The first-order chi connectivity index (χ1) is 14.3. The Morgan fingerprint density at radius 1 is 0.897 bits per heavy atom. The second-order valence-corrected chi connectivity index (χ2v) is 7.28. The van der Waals surface area contributed by atoms with E-state index in [1.165, 1.54) is 12.1 Å². The number of para-hydroxylation sites is 1. The van der Waals surface area contributed by atoms with Crippen molar-refractivity contribution in [3.8, 4) is 17.2 Å². The highest BCUT2D eigenvalue weighted by molar-refractivity contribution is 6.02. The molecule has 0 saturated heterocycles. The summed E-state index contributed by atoms with van der Waals surface area (Å²) < 4.78 is 31.1. The number of hydrogen-bond donors (Lipinski definition) is 0. The van der Waals surface area contributed by atoms with Gasteiger partial charge < -0.3 is 14.2 Å². The molecule has 3 aliphatic rings. The van der Waals surface area contributed by atoms with Gasteiger partial charge in [-0.2, -0.15) is 5.10 Å². The molecule has 144 valence electrons. The Hall–Kier alpha value is -3.54. The lowest BCUT2D eigenvalue weighted by atomic mass is 9.96. The summed E-state index contributed by atoms with van der Waals surface area (Å²) in [5.74, 6) is 2.00. The van der Waals surface area contributed by atoms with E-state index in [0.717, 1.165) is 46.1 Å². The van der Waals surface area contributed by atoms with Gasteiger partial charge in [-0.15, -0.1) is 0 Å². The van der Waals surface area contributed by atoms with Gasteiger partial charge >= 0.3 is 0 Å². The van der Waals surface area contributed by atoms with E-state index in [1.807, 2.05) is 47.5 Å². The smallest absolute Gasteiger partial charge is 0.231 e. The molecule has 29 heavy (non-hydrogen) atoms. The number of hydrogen-bond acceptors (Lipinski definition) is 5. The highest BCUT2D eigenvalue weighted by Crippen LogP contribution is 2.47. The Kier molecular flexibility index (Phi) is 3.53. The van der Waals surface area contributed by atoms with E-state index >= 15 is 0 Å². The molecule has 0 fully saturated rings. The predicted molar refractivity (Wildman–Crippen MR) is 105 cm³/mol. The molecule has 6 rings (SSSR count). The standard InChI is InChI=1S/C23H17FN2O3/c24-16-5-3-4-15(10-16)23-26-19(17-6-1-2-7-20(17)29-23)12-18(25-26)14-8-9-21-22(11-14)28-13-27-21/h1-11,19,23H,12-13H2/t19-,23-/m1/s1. The normalized spacial score (nSPS) is 21.3. The third-order valence-corrected chi connectivity index (χ3v) is 5.54. The molecule has 0 amide bonds. The second kappa shape index (κ2) is 6.24. The summed E-state index contributed by atoms with van der Waals surface area (Å²) in [6.07, 6.45) is 0.239. The average Bonchev–Trinajstić information content (AvgIpc) is 3.40. The Morgan fingerprint density at radius 3 is 2.72 bits per heavy atom. The molecule has 0 saturated carbocycles. The van der Waals surface area contributed by atoms with E-state index in [9.17, 15) is 4.39 Å². The van der Waals surface area contributed by atoms with Crippen LogP contribution in [0.4, 0.5) is 4.39 Å². The Labute approximate surface area is 166 Å². The van der Waals surface area contributed by atoms with E-state index in [4.69, 9.17) is 19.3 Å². The molecule has 0 radical (unpaired) electrons. The molecule has 3 aromatic carbocycles. The summed E-state index contributed by atoms with van der Waals surface area (Å²) in [6.45, 7) is 0.239. The topological polar surface area (TPSA) is 43.3 Å². The fraction of sp³-hybridized carbons (Fsp3) is 0.174. The molecular formula is C23H17FN2O3. The van der Waals surface area contributed by atoms with E-state index < -0.39 is 6.23 Å². The van der Waals surface area contributed by atoms with Crippen molar-refractivity contribution in [1.82, 2.24) is 5.01 Å². The molecule has 3 aromatic rings. The Morgan fingerprint density at radius 2 is 1.79 bits per heavy atom.